The molecule has 1 aliphatic carbocycles. The van der Waals surface area contributed by atoms with Gasteiger partial charge in [-0.05, 0) is 42.0 Å². The van der Waals surface area contributed by atoms with Gasteiger partial charge in [-0.15, -0.1) is 11.3 Å². The largest absolute Gasteiger partial charge is 0.441 e. The zero-order chi connectivity index (χ0) is 39.2. The van der Waals surface area contributed by atoms with Crippen molar-refractivity contribution < 1.29 is 23.9 Å². The highest BCUT2D eigenvalue weighted by Crippen LogP contribution is 2.33. The predicted octanol–water partition coefficient (Wildman–Crippen LogP) is 6.11. The van der Waals surface area contributed by atoms with E-state index >= 15 is 0 Å². The molecule has 4 amide bonds. The Labute approximate surface area is 338 Å². The van der Waals surface area contributed by atoms with Crippen LogP contribution >= 0.6 is 35.2 Å². The Bertz CT molecular complexity index is 1750. The molecule has 2 heterocycles. The van der Waals surface area contributed by atoms with Crippen molar-refractivity contribution in [3.05, 3.63) is 98.6 Å². The zero-order valence-electron chi connectivity index (χ0n) is 31.7. The molecule has 0 bridgehead atoms. The van der Waals surface area contributed by atoms with Crippen molar-refractivity contribution in [1.29, 1.82) is 0 Å². The molecule has 1 aliphatic heterocycles. The maximum Gasteiger partial charge on any atom is 0.410 e. The molecular weight excluding hydrogens is 758 g/mol. The average Bonchev–Trinajstić information content (AvgIpc) is 3.74. The first-order valence-electron chi connectivity index (χ1n) is 18.8. The molecule has 3 aromatic rings. The van der Waals surface area contributed by atoms with Gasteiger partial charge in [0.1, 0.15) is 12.1 Å². The second kappa shape index (κ2) is 21.3. The number of halogens is 1. The molecule has 12 nitrogen and oxygen atoms in total. The van der Waals surface area contributed by atoms with Crippen LogP contribution in [0.25, 0.3) is 0 Å². The Morgan fingerprint density at radius 3 is 2.53 bits per heavy atom. The second-order valence-corrected chi connectivity index (χ2v) is 15.7. The van der Waals surface area contributed by atoms with E-state index in [1.165, 1.54) is 5.49 Å². The van der Waals surface area contributed by atoms with Crippen molar-refractivity contribution in [2.75, 3.05) is 46.4 Å². The molecule has 0 radical (unpaired) electrons. The van der Waals surface area contributed by atoms with Gasteiger partial charge in [0.15, 0.2) is 0 Å². The lowest BCUT2D eigenvalue weighted by molar-refractivity contribution is -0.124. The fourth-order valence-corrected chi connectivity index (χ4v) is 7.30. The van der Waals surface area contributed by atoms with E-state index in [1.807, 2.05) is 53.9 Å². The monoisotopic (exact) mass is 809 g/mol. The molecule has 1 saturated carbocycles. The molecule has 3 N–H and O–H groups in total. The van der Waals surface area contributed by atoms with E-state index < -0.39 is 12.1 Å². The minimum absolute atomic E-state index is 0.233. The van der Waals surface area contributed by atoms with Gasteiger partial charge < -0.3 is 35.2 Å². The van der Waals surface area contributed by atoms with Crippen molar-refractivity contribution in [3.8, 4) is 0 Å². The van der Waals surface area contributed by atoms with Crippen molar-refractivity contribution >= 4 is 58.7 Å². The highest BCUT2D eigenvalue weighted by atomic mass is 35.5. The normalized spacial score (nSPS) is 17.3. The number of aromatic nitrogens is 1. The molecule has 2 fully saturated rings. The van der Waals surface area contributed by atoms with Crippen molar-refractivity contribution in [1.82, 2.24) is 35.6 Å². The first-order chi connectivity index (χ1) is 26.6. The maximum absolute atomic E-state index is 14.3. The molecular formula is C40H52ClN7O5S2. The molecule has 1 saturated heterocycles. The standard InChI is InChI=1S/C40H52ClN7O5S2/c1-28(2)38-44-33(26-55-38)25-46(3)39(50)45-35(14-15-47-17-19-52-20-18-47)37(49)43-32(21-29-9-5-4-6-10-29)13-16-48(24-30-11-7-8-12-34(30)41)40(51)53-36-22-31(36)23-42-27-54/h4-12,23,26-28,32,35-36H,13-22,24-25H2,1-3H3,(H,42,54)(H,43,49)(H,45,50)/b31-23+. The van der Waals surface area contributed by atoms with Crippen LogP contribution < -0.4 is 16.0 Å². The summed E-state index contributed by atoms with van der Waals surface area (Å²) in [4.78, 5) is 51.6. The van der Waals surface area contributed by atoms with Gasteiger partial charge in [-0.25, -0.2) is 14.6 Å². The number of ether oxygens (including phenoxy) is 2. The first-order valence-corrected chi connectivity index (χ1v) is 20.5. The Morgan fingerprint density at radius 1 is 1.07 bits per heavy atom. The Balaban J connectivity index is 1.31. The number of hydrogen-bond donors (Lipinski definition) is 3. The third-order valence-corrected chi connectivity index (χ3v) is 11.2. The van der Waals surface area contributed by atoms with Gasteiger partial charge >= 0.3 is 12.1 Å². The zero-order valence-corrected chi connectivity index (χ0v) is 34.1. The van der Waals surface area contributed by atoms with Gasteiger partial charge in [0, 0.05) is 68.2 Å². The molecule has 3 atom stereocenters. The minimum Gasteiger partial charge on any atom is -0.441 e. The van der Waals surface area contributed by atoms with Crippen LogP contribution in [-0.4, -0.2) is 108 Å². The van der Waals surface area contributed by atoms with Gasteiger partial charge in [-0.1, -0.05) is 86.2 Å². The second-order valence-electron chi connectivity index (χ2n) is 14.2. The summed E-state index contributed by atoms with van der Waals surface area (Å²) in [5.74, 6) is 0.0151. The van der Waals surface area contributed by atoms with Gasteiger partial charge in [0.2, 0.25) is 5.91 Å². The van der Waals surface area contributed by atoms with Crippen molar-refractivity contribution in [3.63, 3.8) is 0 Å². The lowest BCUT2D eigenvalue weighted by atomic mass is 10.0. The summed E-state index contributed by atoms with van der Waals surface area (Å²) in [7, 11) is 1.71. The van der Waals surface area contributed by atoms with E-state index in [0.29, 0.717) is 62.9 Å². The van der Waals surface area contributed by atoms with E-state index in [-0.39, 0.29) is 37.2 Å². The van der Waals surface area contributed by atoms with Crippen LogP contribution in [0.15, 0.2) is 71.8 Å². The summed E-state index contributed by atoms with van der Waals surface area (Å²) in [5.41, 5.74) is 4.97. The number of hydrogen-bond acceptors (Lipinski definition) is 9. The number of urea groups is 1. The maximum atomic E-state index is 14.3. The van der Waals surface area contributed by atoms with E-state index in [9.17, 15) is 14.4 Å². The summed E-state index contributed by atoms with van der Waals surface area (Å²) in [6, 6.07) is 15.8. The van der Waals surface area contributed by atoms with Crippen LogP contribution in [0.4, 0.5) is 9.59 Å². The van der Waals surface area contributed by atoms with Crippen LogP contribution in [0.3, 0.4) is 0 Å². The fraction of sp³-hybridized carbons (Fsp3) is 0.475. The van der Waals surface area contributed by atoms with E-state index in [4.69, 9.17) is 33.3 Å². The number of benzene rings is 2. The Morgan fingerprint density at radius 2 is 1.82 bits per heavy atom. The Kier molecular flexibility index (Phi) is 16.3. The molecule has 55 heavy (non-hydrogen) atoms. The van der Waals surface area contributed by atoms with E-state index in [2.05, 4.69) is 39.7 Å². The quantitative estimate of drug-likeness (QED) is 0.123. The summed E-state index contributed by atoms with van der Waals surface area (Å²) >= 11 is 13.0. The third kappa shape index (κ3) is 13.6. The molecule has 5 rings (SSSR count). The van der Waals surface area contributed by atoms with Crippen molar-refractivity contribution in [2.24, 2.45) is 0 Å². The van der Waals surface area contributed by atoms with E-state index in [1.54, 1.807) is 40.5 Å². The average molecular weight is 810 g/mol. The molecule has 2 aliphatic rings. The lowest BCUT2D eigenvalue weighted by Gasteiger charge is -2.30. The number of carbonyl (C=O) groups excluding carboxylic acids is 3. The van der Waals surface area contributed by atoms with Gasteiger partial charge in [-0.2, -0.15) is 0 Å². The molecule has 1 aromatic heterocycles. The first kappa shape index (κ1) is 42.1. The summed E-state index contributed by atoms with van der Waals surface area (Å²) in [6.45, 7) is 8.43. The van der Waals surface area contributed by atoms with Crippen LogP contribution in [0.1, 0.15) is 60.9 Å². The van der Waals surface area contributed by atoms with Crippen LogP contribution in [0, 0.1) is 0 Å². The topological polar surface area (TPSA) is 128 Å². The van der Waals surface area contributed by atoms with Crippen LogP contribution in [0.2, 0.25) is 5.02 Å². The number of morpholine rings is 1. The summed E-state index contributed by atoms with van der Waals surface area (Å²) in [6.07, 6.45) is 2.94. The highest BCUT2D eigenvalue weighted by molar-refractivity contribution is 7.78. The number of thiocarbonyl (C=S) groups is 1. The lowest BCUT2D eigenvalue weighted by Crippen LogP contribution is -2.54. The number of nitrogens with one attached hydrogen (secondary N) is 3. The number of amides is 4. The van der Waals surface area contributed by atoms with Gasteiger partial charge in [0.25, 0.3) is 0 Å². The van der Waals surface area contributed by atoms with Crippen molar-refractivity contribution in [2.45, 2.75) is 76.7 Å². The number of nitrogens with zero attached hydrogens (tertiary/aromatic N) is 4. The van der Waals surface area contributed by atoms with Crippen LogP contribution in [0.5, 0.6) is 0 Å². The van der Waals surface area contributed by atoms with Crippen LogP contribution in [-0.2, 0) is 33.8 Å². The highest BCUT2D eigenvalue weighted by Gasteiger charge is 2.35. The number of rotatable bonds is 19. The number of thiazole rings is 1. The smallest absolute Gasteiger partial charge is 0.410 e. The van der Waals surface area contributed by atoms with E-state index in [0.717, 1.165) is 40.5 Å². The predicted molar refractivity (Wildman–Crippen MR) is 220 cm³/mol. The minimum atomic E-state index is -0.803. The Hall–Kier alpha value is -4.08. The fourth-order valence-electron chi connectivity index (χ4n) is 6.21. The van der Waals surface area contributed by atoms with Gasteiger partial charge in [-0.3, -0.25) is 9.69 Å². The third-order valence-electron chi connectivity index (χ3n) is 9.51. The molecule has 15 heteroatoms. The molecule has 2 aromatic carbocycles. The summed E-state index contributed by atoms with van der Waals surface area (Å²) < 4.78 is 11.4. The summed E-state index contributed by atoms with van der Waals surface area (Å²) in [5, 5.41) is 12.7. The molecule has 296 valence electrons. The number of carbonyl (C=O) groups is 3. The SMILES string of the molecule is CC(C)c1nc(CN(C)C(=O)NC(CCN2CCOCC2)C(=O)NC(CCN(Cc2ccccc2Cl)C(=O)OC2C/C2=C\NC=S)Cc2ccccc2)cs1. The van der Waals surface area contributed by atoms with Gasteiger partial charge in [0.05, 0.1) is 42.5 Å². The molecule has 0 spiro atoms. The molecule has 3 unspecified atom stereocenters.